The van der Waals surface area contributed by atoms with Crippen LogP contribution >= 0.6 is 0 Å². The molecule has 4 aromatic heterocycles. The molecule has 2 saturated carbocycles. The molecule has 1 amide bonds. The van der Waals surface area contributed by atoms with Crippen molar-refractivity contribution in [2.75, 3.05) is 23.6 Å². The monoisotopic (exact) mass is 684 g/mol. The van der Waals surface area contributed by atoms with Crippen LogP contribution in [0.3, 0.4) is 0 Å². The lowest BCUT2D eigenvalue weighted by Crippen LogP contribution is -2.45. The van der Waals surface area contributed by atoms with Gasteiger partial charge in [0.05, 0.1) is 17.7 Å². The summed E-state index contributed by atoms with van der Waals surface area (Å²) < 4.78 is 76.5. The summed E-state index contributed by atoms with van der Waals surface area (Å²) in [6.45, 7) is 0. The number of rotatable bonds is 9. The number of hydrogen-bond acceptors (Lipinski definition) is 12. The number of ether oxygens (including phenoxy) is 2. The van der Waals surface area contributed by atoms with Gasteiger partial charge in [-0.3, -0.25) is 9.88 Å². The van der Waals surface area contributed by atoms with E-state index in [1.54, 1.807) is 29.6 Å². The Balaban J connectivity index is 1.18. The Morgan fingerprint density at radius 1 is 0.896 bits per heavy atom. The summed E-state index contributed by atoms with van der Waals surface area (Å²) in [5, 5.41) is 3.12. The van der Waals surface area contributed by atoms with Crippen LogP contribution in [0.15, 0.2) is 60.3 Å². The van der Waals surface area contributed by atoms with Crippen molar-refractivity contribution in [1.82, 2.24) is 29.9 Å². The van der Waals surface area contributed by atoms with Gasteiger partial charge in [0.1, 0.15) is 17.5 Å². The predicted molar refractivity (Wildman–Crippen MR) is 167 cm³/mol. The Morgan fingerprint density at radius 3 is 2.21 bits per heavy atom. The lowest BCUT2D eigenvalue weighted by molar-refractivity contribution is -0.137. The van der Waals surface area contributed by atoms with Gasteiger partial charge in [0.15, 0.2) is 9.84 Å². The van der Waals surface area contributed by atoms with Crippen LogP contribution in [0.4, 0.5) is 29.7 Å². The lowest BCUT2D eigenvalue weighted by Gasteiger charge is -2.36. The molecule has 2 aliphatic rings. The molecular formula is C31H31F3N8O5S. The molecule has 6 rings (SSSR count). The Labute approximate surface area is 273 Å². The van der Waals surface area contributed by atoms with E-state index in [4.69, 9.17) is 9.47 Å². The van der Waals surface area contributed by atoms with E-state index < -0.39 is 33.4 Å². The molecule has 2 aliphatic carbocycles. The predicted octanol–water partition coefficient (Wildman–Crippen LogP) is 5.35. The van der Waals surface area contributed by atoms with Gasteiger partial charge in [-0.2, -0.15) is 13.2 Å². The molecule has 1 N–H and O–H groups in total. The number of hydrogen-bond donors (Lipinski definition) is 1. The van der Waals surface area contributed by atoms with Gasteiger partial charge < -0.3 is 14.8 Å². The second kappa shape index (κ2) is 13.3. The maximum Gasteiger partial charge on any atom is 0.419 e. The fraction of sp³-hybridized carbons (Fsp3) is 0.387. The topological polar surface area (TPSA) is 162 Å². The van der Waals surface area contributed by atoms with Crippen molar-refractivity contribution in [2.45, 2.75) is 67.8 Å². The molecule has 4 heterocycles. The average Bonchev–Trinajstić information content (AvgIpc) is 3.89. The molecule has 2 fully saturated rings. The highest BCUT2D eigenvalue weighted by molar-refractivity contribution is 7.90. The number of alkyl halides is 3. The minimum absolute atomic E-state index is 0.0454. The molecule has 0 aliphatic heterocycles. The summed E-state index contributed by atoms with van der Waals surface area (Å²) in [6, 6.07) is 4.45. The van der Waals surface area contributed by atoms with E-state index in [9.17, 15) is 26.4 Å². The number of halogens is 3. The molecule has 0 aromatic carbocycles. The molecule has 17 heteroatoms. The number of methoxy groups -OCH3 is 1. The number of anilines is 2. The Morgan fingerprint density at radius 2 is 1.60 bits per heavy atom. The number of aromatic nitrogens is 6. The molecule has 0 unspecified atom stereocenters. The molecular weight excluding hydrogens is 653 g/mol. The lowest BCUT2D eigenvalue weighted by atomic mass is 9.90. The van der Waals surface area contributed by atoms with Crippen molar-refractivity contribution >= 4 is 27.7 Å². The molecule has 4 aromatic rings. The average molecular weight is 685 g/mol. The largest absolute Gasteiger partial charge is 0.467 e. The molecule has 0 radical (unpaired) electrons. The zero-order valence-electron chi connectivity index (χ0n) is 25.9. The quantitative estimate of drug-likeness (QED) is 0.241. The number of nitrogens with one attached hydrogen (secondary N) is 1. The third-order valence-corrected chi connectivity index (χ3v) is 9.11. The van der Waals surface area contributed by atoms with Gasteiger partial charge in [0.25, 0.3) is 0 Å². The second-order valence-corrected chi connectivity index (χ2v) is 13.6. The summed E-state index contributed by atoms with van der Waals surface area (Å²) in [5.74, 6) is 0.381. The third-order valence-electron chi connectivity index (χ3n) is 8.03. The number of carbonyl (C=O) groups is 1. The van der Waals surface area contributed by atoms with Crippen molar-refractivity contribution < 1.29 is 35.9 Å². The Kier molecular flexibility index (Phi) is 9.13. The van der Waals surface area contributed by atoms with Crippen molar-refractivity contribution in [3.63, 3.8) is 0 Å². The summed E-state index contributed by atoms with van der Waals surface area (Å²) in [7, 11) is -2.25. The van der Waals surface area contributed by atoms with Gasteiger partial charge >= 0.3 is 18.3 Å². The highest BCUT2D eigenvalue weighted by atomic mass is 32.2. The van der Waals surface area contributed by atoms with Gasteiger partial charge in [0, 0.05) is 72.2 Å². The third kappa shape index (κ3) is 7.61. The number of amides is 1. The fourth-order valence-electron chi connectivity index (χ4n) is 5.38. The summed E-state index contributed by atoms with van der Waals surface area (Å²) in [6.07, 6.45) is 7.07. The SMILES string of the molecule is COc1ncc(-c2ccc(N(C(=O)OC3CC3)C3CCC(Nc4ncc(C(F)(F)F)c(-c5cncc(S(C)(=O)=O)c5)n4)CC3)nc2)cn1. The number of carbonyl (C=O) groups excluding carboxylic acids is 1. The number of sulfone groups is 1. The molecule has 0 atom stereocenters. The Bertz CT molecular complexity index is 1880. The minimum Gasteiger partial charge on any atom is -0.467 e. The number of nitrogens with zero attached hydrogens (tertiary/aromatic N) is 7. The van der Waals surface area contributed by atoms with Crippen molar-refractivity contribution in [1.29, 1.82) is 0 Å². The minimum atomic E-state index is -4.79. The second-order valence-electron chi connectivity index (χ2n) is 11.6. The number of pyridine rings is 2. The fourth-order valence-corrected chi connectivity index (χ4v) is 5.97. The summed E-state index contributed by atoms with van der Waals surface area (Å²) >= 11 is 0. The van der Waals surface area contributed by atoms with Crippen molar-refractivity contribution in [2.24, 2.45) is 0 Å². The maximum absolute atomic E-state index is 13.9. The summed E-state index contributed by atoms with van der Waals surface area (Å²) in [5.41, 5.74) is -0.244. The van der Waals surface area contributed by atoms with Crippen molar-refractivity contribution in [3.8, 4) is 28.4 Å². The first-order valence-corrected chi connectivity index (χ1v) is 17.0. The van der Waals surface area contributed by atoms with E-state index in [1.807, 2.05) is 6.07 Å². The van der Waals surface area contributed by atoms with Crippen LogP contribution in [0.2, 0.25) is 0 Å². The van der Waals surface area contributed by atoms with Gasteiger partial charge in [0.2, 0.25) is 5.95 Å². The van der Waals surface area contributed by atoms with E-state index in [2.05, 4.69) is 35.2 Å². The van der Waals surface area contributed by atoms with Gasteiger partial charge in [-0.25, -0.2) is 38.1 Å². The standard InChI is InChI=1S/C31H31F3N8O5S/c1-46-29-38-14-20(15-39-29)18-3-10-26(36-13-18)42(30(43)47-23-8-9-23)22-6-4-21(5-7-22)40-28-37-17-25(31(32,33)34)27(41-28)19-11-24(16-35-12-19)48(2,44)45/h3,10-17,21-23H,4-9H2,1-2H3,(H,37,40,41). The van der Waals surface area contributed by atoms with Crippen LogP contribution in [0.1, 0.15) is 44.1 Å². The first-order chi connectivity index (χ1) is 22.9. The van der Waals surface area contributed by atoms with Crippen LogP contribution in [-0.4, -0.2) is 76.0 Å². The van der Waals surface area contributed by atoms with E-state index in [0.717, 1.165) is 48.7 Å². The van der Waals surface area contributed by atoms with E-state index in [-0.39, 0.29) is 40.6 Å². The van der Waals surface area contributed by atoms with E-state index in [0.29, 0.717) is 37.7 Å². The van der Waals surface area contributed by atoms with Crippen LogP contribution in [-0.2, 0) is 20.8 Å². The highest BCUT2D eigenvalue weighted by Gasteiger charge is 2.37. The first kappa shape index (κ1) is 33.0. The smallest absolute Gasteiger partial charge is 0.419 e. The summed E-state index contributed by atoms with van der Waals surface area (Å²) in [4.78, 5) is 39.4. The van der Waals surface area contributed by atoms with Gasteiger partial charge in [-0.05, 0) is 56.7 Å². The molecule has 0 bridgehead atoms. The zero-order chi connectivity index (χ0) is 34.1. The molecule has 0 saturated heterocycles. The van der Waals surface area contributed by atoms with Gasteiger partial charge in [-0.1, -0.05) is 0 Å². The molecule has 48 heavy (non-hydrogen) atoms. The Hall–Kier alpha value is -4.93. The van der Waals surface area contributed by atoms with Crippen LogP contribution in [0.25, 0.3) is 22.4 Å². The first-order valence-electron chi connectivity index (χ1n) is 15.1. The molecule has 0 spiro atoms. The zero-order valence-corrected chi connectivity index (χ0v) is 26.7. The van der Waals surface area contributed by atoms with E-state index >= 15 is 0 Å². The van der Waals surface area contributed by atoms with Crippen molar-refractivity contribution in [3.05, 3.63) is 60.9 Å². The van der Waals surface area contributed by atoms with E-state index in [1.165, 1.54) is 7.11 Å². The highest BCUT2D eigenvalue weighted by Crippen LogP contribution is 2.37. The molecule has 252 valence electrons. The van der Waals surface area contributed by atoms with Crippen LogP contribution < -0.4 is 15.0 Å². The van der Waals surface area contributed by atoms with Crippen LogP contribution in [0, 0.1) is 0 Å². The normalized spacial score (nSPS) is 18.2. The van der Waals surface area contributed by atoms with Crippen LogP contribution in [0.5, 0.6) is 6.01 Å². The molecule has 13 nitrogen and oxygen atoms in total. The maximum atomic E-state index is 13.9. The van der Waals surface area contributed by atoms with Gasteiger partial charge in [-0.15, -0.1) is 0 Å².